The summed E-state index contributed by atoms with van der Waals surface area (Å²) in [7, 11) is -4.10. The summed E-state index contributed by atoms with van der Waals surface area (Å²) >= 11 is 0. The quantitative estimate of drug-likeness (QED) is 0.438. The largest absolute Gasteiger partial charge is 0.379 e. The Morgan fingerprint density at radius 3 is 2.22 bits per heavy atom. The summed E-state index contributed by atoms with van der Waals surface area (Å²) in [5, 5.41) is 0. The summed E-state index contributed by atoms with van der Waals surface area (Å²) < 4.78 is 43.3. The fraction of sp³-hybridized carbons (Fsp3) is 0.240. The molecule has 0 heterocycles. The number of amides is 1. The van der Waals surface area contributed by atoms with Crippen LogP contribution in [-0.4, -0.2) is 25.3 Å². The minimum Gasteiger partial charge on any atom is -0.379 e. The molecular weight excluding hydrogens is 429 g/mol. The van der Waals surface area contributed by atoms with Gasteiger partial charge in [-0.25, -0.2) is 4.39 Å². The highest BCUT2D eigenvalue weighted by Crippen LogP contribution is 2.22. The Kier molecular flexibility index (Phi) is 7.30. The molecule has 32 heavy (non-hydrogen) atoms. The molecule has 0 spiro atoms. The SMILES string of the molecule is CCc1ccc(C(=O)N(Cc2cccc(OS(=O)(=O)c3ccc(F)cc3)c2)C(C)C)cc1. The molecule has 1 amide bonds. The number of carbonyl (C=O) groups excluding carboxylic acids is 1. The van der Waals surface area contributed by atoms with Crippen LogP contribution in [0.1, 0.15) is 42.3 Å². The van der Waals surface area contributed by atoms with Crippen molar-refractivity contribution in [3.05, 3.63) is 95.3 Å². The summed E-state index contributed by atoms with van der Waals surface area (Å²) in [6.07, 6.45) is 0.899. The van der Waals surface area contributed by atoms with Gasteiger partial charge in [0.2, 0.25) is 0 Å². The summed E-state index contributed by atoms with van der Waals surface area (Å²) in [5.41, 5.74) is 2.48. The van der Waals surface area contributed by atoms with Gasteiger partial charge in [-0.3, -0.25) is 4.79 Å². The molecule has 0 aromatic heterocycles. The van der Waals surface area contributed by atoms with Gasteiger partial charge in [-0.05, 0) is 79.9 Å². The molecule has 0 bridgehead atoms. The van der Waals surface area contributed by atoms with Crippen molar-refractivity contribution in [2.75, 3.05) is 0 Å². The van der Waals surface area contributed by atoms with Crippen LogP contribution in [-0.2, 0) is 23.1 Å². The summed E-state index contributed by atoms with van der Waals surface area (Å²) in [6, 6.07) is 18.5. The Morgan fingerprint density at radius 2 is 1.62 bits per heavy atom. The van der Waals surface area contributed by atoms with Gasteiger partial charge in [-0.15, -0.1) is 0 Å². The molecular formula is C25H26FNO4S. The third kappa shape index (κ3) is 5.73. The first kappa shape index (κ1) is 23.5. The Bertz CT molecular complexity index is 1170. The lowest BCUT2D eigenvalue weighted by Gasteiger charge is -2.27. The zero-order chi connectivity index (χ0) is 23.3. The van der Waals surface area contributed by atoms with Gasteiger partial charge in [-0.2, -0.15) is 8.42 Å². The van der Waals surface area contributed by atoms with Gasteiger partial charge in [0.1, 0.15) is 16.5 Å². The molecule has 0 aliphatic rings. The molecule has 0 fully saturated rings. The van der Waals surface area contributed by atoms with Crippen molar-refractivity contribution in [3.8, 4) is 5.75 Å². The lowest BCUT2D eigenvalue weighted by Crippen LogP contribution is -2.36. The minimum atomic E-state index is -4.10. The Morgan fingerprint density at radius 1 is 0.969 bits per heavy atom. The van der Waals surface area contributed by atoms with E-state index >= 15 is 0 Å². The van der Waals surface area contributed by atoms with Crippen LogP contribution in [0.2, 0.25) is 0 Å². The van der Waals surface area contributed by atoms with Crippen LogP contribution < -0.4 is 4.18 Å². The van der Waals surface area contributed by atoms with E-state index in [0.717, 1.165) is 41.8 Å². The van der Waals surface area contributed by atoms with Crippen molar-refractivity contribution in [3.63, 3.8) is 0 Å². The van der Waals surface area contributed by atoms with Crippen LogP contribution >= 0.6 is 0 Å². The standard InChI is InChI=1S/C25H26FNO4S/c1-4-19-8-10-21(11-9-19)25(28)27(18(2)3)17-20-6-5-7-23(16-20)31-32(29,30)24-14-12-22(26)13-15-24/h5-16,18H,4,17H2,1-3H3. The summed E-state index contributed by atoms with van der Waals surface area (Å²) in [5.74, 6) is -0.517. The fourth-order valence-corrected chi connectivity index (χ4v) is 4.13. The third-order valence-electron chi connectivity index (χ3n) is 5.05. The van der Waals surface area contributed by atoms with Gasteiger partial charge in [0.15, 0.2) is 0 Å². The molecule has 0 N–H and O–H groups in total. The number of hydrogen-bond acceptors (Lipinski definition) is 4. The molecule has 0 unspecified atom stereocenters. The average molecular weight is 456 g/mol. The van der Waals surface area contributed by atoms with Gasteiger partial charge in [0, 0.05) is 18.2 Å². The maximum absolute atomic E-state index is 13.1. The predicted octanol–water partition coefficient (Wildman–Crippen LogP) is 5.21. The Labute approximate surface area is 188 Å². The van der Waals surface area contributed by atoms with Crippen molar-refractivity contribution < 1.29 is 21.8 Å². The average Bonchev–Trinajstić information content (AvgIpc) is 2.77. The van der Waals surface area contributed by atoms with Crippen molar-refractivity contribution in [1.29, 1.82) is 0 Å². The zero-order valence-electron chi connectivity index (χ0n) is 18.3. The van der Waals surface area contributed by atoms with E-state index in [-0.39, 0.29) is 22.6 Å². The molecule has 7 heteroatoms. The van der Waals surface area contributed by atoms with E-state index in [4.69, 9.17) is 4.18 Å². The lowest BCUT2D eigenvalue weighted by molar-refractivity contribution is 0.0690. The van der Waals surface area contributed by atoms with Crippen LogP contribution in [0.5, 0.6) is 5.75 Å². The predicted molar refractivity (Wildman–Crippen MR) is 121 cm³/mol. The highest BCUT2D eigenvalue weighted by molar-refractivity contribution is 7.87. The molecule has 3 aromatic rings. The second-order valence-electron chi connectivity index (χ2n) is 7.72. The highest BCUT2D eigenvalue weighted by Gasteiger charge is 2.21. The normalized spacial score (nSPS) is 11.4. The van der Waals surface area contributed by atoms with E-state index in [1.807, 2.05) is 38.1 Å². The van der Waals surface area contributed by atoms with Gasteiger partial charge >= 0.3 is 10.1 Å². The Balaban J connectivity index is 1.79. The molecule has 0 saturated heterocycles. The number of carbonyl (C=O) groups is 1. The van der Waals surface area contributed by atoms with E-state index in [2.05, 4.69) is 6.92 Å². The number of benzene rings is 3. The molecule has 0 radical (unpaired) electrons. The highest BCUT2D eigenvalue weighted by atomic mass is 32.2. The summed E-state index contributed by atoms with van der Waals surface area (Å²) in [6.45, 7) is 6.21. The smallest absolute Gasteiger partial charge is 0.339 e. The maximum Gasteiger partial charge on any atom is 0.339 e. The third-order valence-corrected chi connectivity index (χ3v) is 6.31. The van der Waals surface area contributed by atoms with Crippen LogP contribution in [0.15, 0.2) is 77.7 Å². The molecule has 0 aliphatic heterocycles. The van der Waals surface area contributed by atoms with Gasteiger partial charge in [0.25, 0.3) is 5.91 Å². The fourth-order valence-electron chi connectivity index (χ4n) is 3.21. The number of halogens is 1. The Hall–Kier alpha value is -3.19. The van der Waals surface area contributed by atoms with Crippen LogP contribution in [0, 0.1) is 5.82 Å². The van der Waals surface area contributed by atoms with E-state index in [1.165, 1.54) is 6.07 Å². The molecule has 0 saturated carbocycles. The van der Waals surface area contributed by atoms with E-state index in [0.29, 0.717) is 12.1 Å². The number of hydrogen-bond donors (Lipinski definition) is 0. The lowest BCUT2D eigenvalue weighted by atomic mass is 10.1. The topological polar surface area (TPSA) is 63.7 Å². The second kappa shape index (κ2) is 9.96. The van der Waals surface area contributed by atoms with E-state index in [1.54, 1.807) is 23.1 Å². The van der Waals surface area contributed by atoms with Gasteiger partial charge in [-0.1, -0.05) is 31.2 Å². The first-order valence-electron chi connectivity index (χ1n) is 10.4. The number of aryl methyl sites for hydroxylation is 1. The molecule has 168 valence electrons. The van der Waals surface area contributed by atoms with Crippen molar-refractivity contribution >= 4 is 16.0 Å². The van der Waals surface area contributed by atoms with Crippen molar-refractivity contribution in [2.24, 2.45) is 0 Å². The second-order valence-corrected chi connectivity index (χ2v) is 9.26. The van der Waals surface area contributed by atoms with Crippen LogP contribution in [0.4, 0.5) is 4.39 Å². The van der Waals surface area contributed by atoms with Gasteiger partial charge in [0.05, 0.1) is 0 Å². The number of nitrogens with zero attached hydrogens (tertiary/aromatic N) is 1. The van der Waals surface area contributed by atoms with E-state index < -0.39 is 15.9 Å². The zero-order valence-corrected chi connectivity index (χ0v) is 19.1. The van der Waals surface area contributed by atoms with Crippen molar-refractivity contribution in [2.45, 2.75) is 44.7 Å². The molecule has 3 aromatic carbocycles. The van der Waals surface area contributed by atoms with Crippen LogP contribution in [0.3, 0.4) is 0 Å². The van der Waals surface area contributed by atoms with E-state index in [9.17, 15) is 17.6 Å². The molecule has 5 nitrogen and oxygen atoms in total. The first-order valence-corrected chi connectivity index (χ1v) is 11.8. The van der Waals surface area contributed by atoms with Gasteiger partial charge < -0.3 is 9.08 Å². The number of rotatable bonds is 8. The summed E-state index contributed by atoms with van der Waals surface area (Å²) in [4.78, 5) is 14.7. The molecule has 0 atom stereocenters. The molecule has 3 rings (SSSR count). The molecule has 0 aliphatic carbocycles. The first-order chi connectivity index (χ1) is 15.2. The van der Waals surface area contributed by atoms with Crippen molar-refractivity contribution in [1.82, 2.24) is 4.90 Å². The minimum absolute atomic E-state index is 0.0686. The monoisotopic (exact) mass is 455 g/mol. The van der Waals surface area contributed by atoms with Crippen LogP contribution in [0.25, 0.3) is 0 Å². The maximum atomic E-state index is 13.1.